The van der Waals surface area contributed by atoms with Gasteiger partial charge < -0.3 is 10.4 Å². The molecule has 0 atom stereocenters. The lowest BCUT2D eigenvalue weighted by Crippen LogP contribution is -2.27. The molecule has 2 aromatic rings. The van der Waals surface area contributed by atoms with Gasteiger partial charge in [-0.05, 0) is 38.0 Å². The first-order valence-electron chi connectivity index (χ1n) is 7.46. The normalized spacial score (nSPS) is 10.6. The summed E-state index contributed by atoms with van der Waals surface area (Å²) in [6.07, 6.45) is 0.901. The van der Waals surface area contributed by atoms with Gasteiger partial charge in [-0.2, -0.15) is 5.10 Å². The predicted molar refractivity (Wildman–Crippen MR) is 86.5 cm³/mol. The third kappa shape index (κ3) is 4.18. The molecule has 0 spiro atoms. The second-order valence-electron chi connectivity index (χ2n) is 5.56. The summed E-state index contributed by atoms with van der Waals surface area (Å²) in [6.45, 7) is 4.31. The summed E-state index contributed by atoms with van der Waals surface area (Å²) in [5.74, 6) is -1.00. The van der Waals surface area contributed by atoms with Crippen molar-refractivity contribution >= 4 is 11.9 Å². The fraction of sp³-hybridized carbons (Fsp3) is 0.353. The fourth-order valence-corrected chi connectivity index (χ4v) is 2.50. The van der Waals surface area contributed by atoms with Crippen molar-refractivity contribution in [2.24, 2.45) is 7.05 Å². The summed E-state index contributed by atoms with van der Waals surface area (Å²) in [4.78, 5) is 23.0. The Labute approximate surface area is 135 Å². The van der Waals surface area contributed by atoms with Gasteiger partial charge in [0.05, 0.1) is 17.7 Å². The number of aromatic nitrogens is 2. The van der Waals surface area contributed by atoms with Crippen LogP contribution < -0.4 is 5.32 Å². The Morgan fingerprint density at radius 3 is 2.65 bits per heavy atom. The van der Waals surface area contributed by atoms with Crippen molar-refractivity contribution in [3.8, 4) is 0 Å². The number of nitrogens with zero attached hydrogens (tertiary/aromatic N) is 2. The number of carboxylic acids is 1. The van der Waals surface area contributed by atoms with Gasteiger partial charge in [-0.25, -0.2) is 4.79 Å². The molecule has 2 rings (SSSR count). The van der Waals surface area contributed by atoms with Crippen molar-refractivity contribution in [3.63, 3.8) is 0 Å². The molecule has 122 valence electrons. The lowest BCUT2D eigenvalue weighted by atomic mass is 10.1. The summed E-state index contributed by atoms with van der Waals surface area (Å²) < 4.78 is 1.77. The SMILES string of the molecule is Cc1nn(C)c(C)c1CC(=O)NCCc1cccc(C(=O)O)c1. The first-order chi connectivity index (χ1) is 10.9. The van der Waals surface area contributed by atoms with Crippen molar-refractivity contribution in [1.29, 1.82) is 0 Å². The number of hydrogen-bond donors (Lipinski definition) is 2. The molecule has 0 aliphatic carbocycles. The highest BCUT2D eigenvalue weighted by Gasteiger charge is 2.13. The van der Waals surface area contributed by atoms with E-state index >= 15 is 0 Å². The quantitative estimate of drug-likeness (QED) is 0.848. The van der Waals surface area contributed by atoms with Gasteiger partial charge in [0.2, 0.25) is 5.91 Å². The van der Waals surface area contributed by atoms with E-state index in [9.17, 15) is 9.59 Å². The van der Waals surface area contributed by atoms with Gasteiger partial charge in [-0.1, -0.05) is 12.1 Å². The summed E-state index contributed by atoms with van der Waals surface area (Å²) >= 11 is 0. The predicted octanol–water partition coefficient (Wildman–Crippen LogP) is 1.64. The van der Waals surface area contributed by atoms with Crippen LogP contribution in [0.15, 0.2) is 24.3 Å². The minimum atomic E-state index is -0.946. The van der Waals surface area contributed by atoms with E-state index in [1.807, 2.05) is 27.0 Å². The molecule has 0 radical (unpaired) electrons. The number of hydrogen-bond acceptors (Lipinski definition) is 3. The fourth-order valence-electron chi connectivity index (χ4n) is 2.50. The number of aromatic carboxylic acids is 1. The van der Waals surface area contributed by atoms with E-state index in [0.29, 0.717) is 19.4 Å². The monoisotopic (exact) mass is 315 g/mol. The van der Waals surface area contributed by atoms with Gasteiger partial charge in [-0.3, -0.25) is 9.48 Å². The Morgan fingerprint density at radius 2 is 2.04 bits per heavy atom. The molecule has 1 heterocycles. The zero-order valence-electron chi connectivity index (χ0n) is 13.6. The zero-order chi connectivity index (χ0) is 17.0. The van der Waals surface area contributed by atoms with Crippen LogP contribution in [0.5, 0.6) is 0 Å². The first-order valence-corrected chi connectivity index (χ1v) is 7.46. The van der Waals surface area contributed by atoms with Gasteiger partial charge in [0.25, 0.3) is 0 Å². The molecule has 1 aromatic carbocycles. The van der Waals surface area contributed by atoms with Crippen LogP contribution in [0, 0.1) is 13.8 Å². The summed E-state index contributed by atoms with van der Waals surface area (Å²) in [5, 5.41) is 16.1. The number of aryl methyl sites for hydroxylation is 2. The Hall–Kier alpha value is -2.63. The summed E-state index contributed by atoms with van der Waals surface area (Å²) in [5.41, 5.74) is 3.97. The molecular weight excluding hydrogens is 294 g/mol. The highest BCUT2D eigenvalue weighted by atomic mass is 16.4. The van der Waals surface area contributed by atoms with E-state index in [2.05, 4.69) is 10.4 Å². The van der Waals surface area contributed by atoms with Gasteiger partial charge in [-0.15, -0.1) is 0 Å². The maximum absolute atomic E-state index is 12.0. The molecule has 0 unspecified atom stereocenters. The van der Waals surface area contributed by atoms with Gasteiger partial charge in [0.1, 0.15) is 0 Å². The van der Waals surface area contributed by atoms with Crippen LogP contribution in [-0.2, 0) is 24.7 Å². The topological polar surface area (TPSA) is 84.2 Å². The maximum Gasteiger partial charge on any atom is 0.335 e. The van der Waals surface area contributed by atoms with E-state index < -0.39 is 5.97 Å². The van der Waals surface area contributed by atoms with Crippen LogP contribution in [0.4, 0.5) is 0 Å². The lowest BCUT2D eigenvalue weighted by molar-refractivity contribution is -0.120. The molecule has 6 heteroatoms. The number of rotatable bonds is 6. The second kappa shape index (κ2) is 7.09. The molecule has 0 fully saturated rings. The van der Waals surface area contributed by atoms with E-state index in [1.54, 1.807) is 22.9 Å². The van der Waals surface area contributed by atoms with Gasteiger partial charge >= 0.3 is 5.97 Å². The van der Waals surface area contributed by atoms with E-state index in [-0.39, 0.29) is 11.5 Å². The van der Waals surface area contributed by atoms with Crippen molar-refractivity contribution in [2.75, 3.05) is 6.54 Å². The van der Waals surface area contributed by atoms with Crippen LogP contribution in [0.1, 0.15) is 32.9 Å². The number of carbonyl (C=O) groups is 2. The molecule has 0 saturated heterocycles. The maximum atomic E-state index is 12.0. The summed E-state index contributed by atoms with van der Waals surface area (Å²) in [7, 11) is 1.86. The van der Waals surface area contributed by atoms with Gasteiger partial charge in [0.15, 0.2) is 0 Å². The third-order valence-electron chi connectivity index (χ3n) is 3.91. The van der Waals surface area contributed by atoms with Crippen LogP contribution in [0.3, 0.4) is 0 Å². The minimum Gasteiger partial charge on any atom is -0.478 e. The number of benzene rings is 1. The average molecular weight is 315 g/mol. The summed E-state index contributed by atoms with van der Waals surface area (Å²) in [6, 6.07) is 6.75. The van der Waals surface area contributed by atoms with Crippen molar-refractivity contribution < 1.29 is 14.7 Å². The van der Waals surface area contributed by atoms with E-state index in [0.717, 1.165) is 22.5 Å². The minimum absolute atomic E-state index is 0.0569. The Kier molecular flexibility index (Phi) is 5.16. The molecule has 6 nitrogen and oxygen atoms in total. The van der Waals surface area contributed by atoms with Crippen molar-refractivity contribution in [2.45, 2.75) is 26.7 Å². The van der Waals surface area contributed by atoms with Crippen LogP contribution in [-0.4, -0.2) is 33.3 Å². The third-order valence-corrected chi connectivity index (χ3v) is 3.91. The molecular formula is C17H21N3O3. The average Bonchev–Trinajstić information content (AvgIpc) is 2.74. The Morgan fingerprint density at radius 1 is 1.30 bits per heavy atom. The highest BCUT2D eigenvalue weighted by molar-refractivity contribution is 5.87. The van der Waals surface area contributed by atoms with Crippen molar-refractivity contribution in [3.05, 3.63) is 52.3 Å². The molecule has 0 aliphatic rings. The van der Waals surface area contributed by atoms with Crippen LogP contribution in [0.25, 0.3) is 0 Å². The molecule has 0 aliphatic heterocycles. The zero-order valence-corrected chi connectivity index (χ0v) is 13.6. The van der Waals surface area contributed by atoms with Crippen molar-refractivity contribution in [1.82, 2.24) is 15.1 Å². The number of nitrogens with one attached hydrogen (secondary N) is 1. The van der Waals surface area contributed by atoms with Crippen LogP contribution in [0.2, 0.25) is 0 Å². The molecule has 0 saturated carbocycles. The second-order valence-corrected chi connectivity index (χ2v) is 5.56. The Balaban J connectivity index is 1.88. The first kappa shape index (κ1) is 16.7. The van der Waals surface area contributed by atoms with Crippen LogP contribution >= 0.6 is 0 Å². The smallest absolute Gasteiger partial charge is 0.335 e. The van der Waals surface area contributed by atoms with Gasteiger partial charge in [0, 0.05) is 24.8 Å². The molecule has 1 aromatic heterocycles. The molecule has 0 bridgehead atoms. The Bertz CT molecular complexity index is 735. The van der Waals surface area contributed by atoms with E-state index in [1.165, 1.54) is 0 Å². The molecule has 1 amide bonds. The molecule has 23 heavy (non-hydrogen) atoms. The van der Waals surface area contributed by atoms with E-state index in [4.69, 9.17) is 5.11 Å². The number of carboxylic acid groups (broad SMARTS) is 1. The lowest BCUT2D eigenvalue weighted by Gasteiger charge is -2.06. The molecule has 2 N–H and O–H groups in total. The standard InChI is InChI=1S/C17H21N3O3/c1-11-15(12(2)20(3)19-11)10-16(21)18-8-7-13-5-4-6-14(9-13)17(22)23/h4-6,9H,7-8,10H2,1-3H3,(H,18,21)(H,22,23). The number of carbonyl (C=O) groups excluding carboxylic acids is 1. The highest BCUT2D eigenvalue weighted by Crippen LogP contribution is 2.12. The largest absolute Gasteiger partial charge is 0.478 e. The number of amides is 1.